The summed E-state index contributed by atoms with van der Waals surface area (Å²) >= 11 is 0.724. The summed E-state index contributed by atoms with van der Waals surface area (Å²) in [5, 5.41) is 10.4. The fourth-order valence-corrected chi connectivity index (χ4v) is 4.67. The number of piperazine rings is 2. The van der Waals surface area contributed by atoms with Gasteiger partial charge >= 0.3 is 12.5 Å². The molecule has 0 saturated carbocycles. The number of hydrogen-bond acceptors (Lipinski definition) is 9. The van der Waals surface area contributed by atoms with Crippen molar-refractivity contribution in [2.75, 3.05) is 77.9 Å². The number of likely N-dealkylation sites (N-methyl/N-ethyl adjacent to an activating group) is 1. The molecule has 2 aliphatic heterocycles. The Kier molecular flexibility index (Phi) is 11.2. The van der Waals surface area contributed by atoms with Crippen LogP contribution in [0.15, 0.2) is 23.2 Å². The number of carbonyl (C=O) groups excluding carboxylic acids is 3. The highest BCUT2D eigenvalue weighted by atomic mass is 32.2. The summed E-state index contributed by atoms with van der Waals surface area (Å²) in [6, 6.07) is 3.02. The normalized spacial score (nSPS) is 17.2. The summed E-state index contributed by atoms with van der Waals surface area (Å²) in [7, 11) is 1.95. The minimum Gasteiger partial charge on any atom is -0.450 e. The maximum atomic E-state index is 13.0. The van der Waals surface area contributed by atoms with Crippen molar-refractivity contribution in [2.24, 2.45) is 10.7 Å². The highest BCUT2D eigenvalue weighted by Gasteiger charge is 2.33. The number of amidine groups is 2. The maximum absolute atomic E-state index is 13.0. The average Bonchev–Trinajstić information content (AvgIpc) is 2.90. The van der Waals surface area contributed by atoms with Crippen LogP contribution in [0.25, 0.3) is 0 Å². The predicted octanol–water partition coefficient (Wildman–Crippen LogP) is 1.67. The standard InChI is InChI=1S/C24H33F3N8O5S/c1-3-39-23(38)35-12-10-34(11-13-35)22(29)41-21(28)31-20(37)16-4-5-18(40-24(25,26)27)17(14-16)30-19(36)15-33-8-6-32(2)7-9-33/h4-5,14,29H,3,6-13,15H2,1-2H3,(H,30,36)(H2,28,31,37). The number of rotatable bonds is 6. The van der Waals surface area contributed by atoms with Crippen LogP contribution in [-0.2, 0) is 9.53 Å². The molecular weight excluding hydrogens is 569 g/mol. The van der Waals surface area contributed by atoms with E-state index in [1.165, 1.54) is 4.90 Å². The number of alkyl halides is 3. The summed E-state index contributed by atoms with van der Waals surface area (Å²) in [5.74, 6) is -2.14. The van der Waals surface area contributed by atoms with E-state index in [4.69, 9.17) is 15.9 Å². The number of ether oxygens (including phenoxy) is 2. The van der Waals surface area contributed by atoms with E-state index in [0.29, 0.717) is 39.3 Å². The first-order valence-electron chi connectivity index (χ1n) is 12.8. The monoisotopic (exact) mass is 602 g/mol. The van der Waals surface area contributed by atoms with Gasteiger partial charge in [-0.1, -0.05) is 0 Å². The Bertz CT molecular complexity index is 1150. The van der Waals surface area contributed by atoms with E-state index in [9.17, 15) is 27.6 Å². The van der Waals surface area contributed by atoms with Crippen LogP contribution in [0.4, 0.5) is 23.7 Å². The fraction of sp³-hybridized carbons (Fsp3) is 0.542. The molecule has 3 amide bonds. The maximum Gasteiger partial charge on any atom is 0.573 e. The number of benzene rings is 1. The van der Waals surface area contributed by atoms with Crippen LogP contribution in [0.2, 0.25) is 0 Å². The molecule has 3 rings (SSSR count). The van der Waals surface area contributed by atoms with E-state index in [1.54, 1.807) is 11.8 Å². The third-order valence-electron chi connectivity index (χ3n) is 6.20. The summed E-state index contributed by atoms with van der Waals surface area (Å²) in [6.07, 6.45) is -5.45. The third kappa shape index (κ3) is 10.1. The van der Waals surface area contributed by atoms with Crippen molar-refractivity contribution in [1.29, 1.82) is 5.41 Å². The first-order valence-corrected chi connectivity index (χ1v) is 13.6. The van der Waals surface area contributed by atoms with Crippen LogP contribution in [0.5, 0.6) is 5.75 Å². The minimum absolute atomic E-state index is 0.00772. The summed E-state index contributed by atoms with van der Waals surface area (Å²) in [4.78, 5) is 48.1. The summed E-state index contributed by atoms with van der Waals surface area (Å²) < 4.78 is 47.9. The molecule has 0 spiro atoms. The zero-order valence-corrected chi connectivity index (χ0v) is 23.5. The van der Waals surface area contributed by atoms with Crippen molar-refractivity contribution in [3.63, 3.8) is 0 Å². The molecule has 0 bridgehead atoms. The molecule has 0 unspecified atom stereocenters. The van der Waals surface area contributed by atoms with Crippen LogP contribution >= 0.6 is 11.8 Å². The Labute approximate surface area is 239 Å². The van der Waals surface area contributed by atoms with E-state index in [1.807, 2.05) is 11.9 Å². The number of nitrogens with two attached hydrogens (primary N) is 1. The molecule has 2 aliphatic rings. The molecule has 2 fully saturated rings. The van der Waals surface area contributed by atoms with Gasteiger partial charge in [0.05, 0.1) is 18.8 Å². The number of anilines is 1. The first-order chi connectivity index (χ1) is 19.3. The predicted molar refractivity (Wildman–Crippen MR) is 147 cm³/mol. The lowest BCUT2D eigenvalue weighted by molar-refractivity contribution is -0.274. The topological polar surface area (TPSA) is 157 Å². The van der Waals surface area contributed by atoms with Gasteiger partial charge in [-0.25, -0.2) is 4.79 Å². The quantitative estimate of drug-likeness (QED) is 0.323. The summed E-state index contributed by atoms with van der Waals surface area (Å²) in [6.45, 7) is 6.04. The SMILES string of the molecule is CCOC(=O)N1CCN(C(=N)SC(N)=NC(=O)c2ccc(OC(F)(F)F)c(NC(=O)CN3CCN(C)CC3)c2)CC1. The number of halogens is 3. The molecule has 17 heteroatoms. The molecule has 2 heterocycles. The van der Waals surface area contributed by atoms with Gasteiger partial charge in [0.1, 0.15) is 0 Å². The Morgan fingerprint density at radius 3 is 2.32 bits per heavy atom. The van der Waals surface area contributed by atoms with E-state index in [0.717, 1.165) is 43.1 Å². The largest absolute Gasteiger partial charge is 0.573 e. The van der Waals surface area contributed by atoms with Crippen LogP contribution in [-0.4, -0.2) is 127 Å². The number of amides is 3. The molecule has 13 nitrogen and oxygen atoms in total. The molecule has 1 aromatic rings. The van der Waals surface area contributed by atoms with E-state index in [-0.39, 0.29) is 34.7 Å². The van der Waals surface area contributed by atoms with E-state index in [2.05, 4.69) is 19.9 Å². The van der Waals surface area contributed by atoms with Gasteiger partial charge in [0.2, 0.25) is 5.91 Å². The molecule has 0 aromatic heterocycles. The Morgan fingerprint density at radius 2 is 1.71 bits per heavy atom. The van der Waals surface area contributed by atoms with Gasteiger partial charge in [0.25, 0.3) is 5.91 Å². The lowest BCUT2D eigenvalue weighted by atomic mass is 10.1. The fourth-order valence-electron chi connectivity index (χ4n) is 4.03. The van der Waals surface area contributed by atoms with Gasteiger partial charge in [-0.05, 0) is 43.9 Å². The second kappa shape index (κ2) is 14.4. The molecule has 4 N–H and O–H groups in total. The van der Waals surface area contributed by atoms with Crippen LogP contribution in [0, 0.1) is 5.41 Å². The van der Waals surface area contributed by atoms with Gasteiger partial charge in [-0.3, -0.25) is 19.9 Å². The number of carbonyl (C=O) groups is 3. The molecule has 0 atom stereocenters. The van der Waals surface area contributed by atoms with E-state index >= 15 is 0 Å². The van der Waals surface area contributed by atoms with Crippen molar-refractivity contribution >= 4 is 45.7 Å². The number of aliphatic imine (C=N–C) groups is 1. The minimum atomic E-state index is -5.02. The second-order valence-corrected chi connectivity index (χ2v) is 10.2. The Morgan fingerprint density at radius 1 is 1.07 bits per heavy atom. The van der Waals surface area contributed by atoms with Gasteiger partial charge in [-0.15, -0.1) is 13.2 Å². The number of thioether (sulfide) groups is 1. The average molecular weight is 603 g/mol. The molecule has 2 saturated heterocycles. The van der Waals surface area contributed by atoms with Crippen LogP contribution < -0.4 is 15.8 Å². The molecular formula is C24H33F3N8O5S. The summed E-state index contributed by atoms with van der Waals surface area (Å²) in [5.41, 5.74) is 5.38. The molecule has 0 aliphatic carbocycles. The van der Waals surface area contributed by atoms with E-state index < -0.39 is 30.0 Å². The van der Waals surface area contributed by atoms with Gasteiger partial charge in [0, 0.05) is 57.9 Å². The molecule has 41 heavy (non-hydrogen) atoms. The van der Waals surface area contributed by atoms with Crippen molar-refractivity contribution in [1.82, 2.24) is 19.6 Å². The lowest BCUT2D eigenvalue weighted by Crippen LogP contribution is -2.50. The highest BCUT2D eigenvalue weighted by Crippen LogP contribution is 2.31. The first kappa shape index (κ1) is 32.0. The van der Waals surface area contributed by atoms with Crippen LogP contribution in [0.3, 0.4) is 0 Å². The van der Waals surface area contributed by atoms with Crippen LogP contribution in [0.1, 0.15) is 17.3 Å². The molecule has 226 valence electrons. The third-order valence-corrected chi connectivity index (χ3v) is 6.95. The molecule has 1 aromatic carbocycles. The number of hydrogen-bond donors (Lipinski definition) is 3. The zero-order valence-electron chi connectivity index (χ0n) is 22.7. The Balaban J connectivity index is 1.64. The Hall–Kier alpha value is -3.57. The number of nitrogens with zero attached hydrogens (tertiary/aromatic N) is 5. The van der Waals surface area contributed by atoms with Gasteiger partial charge in [0.15, 0.2) is 16.1 Å². The zero-order chi connectivity index (χ0) is 30.2. The van der Waals surface area contributed by atoms with Crippen molar-refractivity contribution in [2.45, 2.75) is 13.3 Å². The van der Waals surface area contributed by atoms with Crippen molar-refractivity contribution in [3.8, 4) is 5.75 Å². The highest BCUT2D eigenvalue weighted by molar-refractivity contribution is 8.26. The number of nitrogens with one attached hydrogen (secondary N) is 2. The smallest absolute Gasteiger partial charge is 0.450 e. The van der Waals surface area contributed by atoms with Gasteiger partial charge < -0.3 is 35.2 Å². The van der Waals surface area contributed by atoms with Crippen molar-refractivity contribution in [3.05, 3.63) is 23.8 Å². The van der Waals surface area contributed by atoms with Gasteiger partial charge in [-0.2, -0.15) is 4.99 Å². The molecule has 0 radical (unpaired) electrons. The van der Waals surface area contributed by atoms with Crippen molar-refractivity contribution < 1.29 is 37.0 Å². The second-order valence-electron chi connectivity index (χ2n) is 9.22. The lowest BCUT2D eigenvalue weighted by Gasteiger charge is -2.34.